The third-order valence-electron chi connectivity index (χ3n) is 1.22. The van der Waals surface area contributed by atoms with Crippen molar-refractivity contribution in [3.63, 3.8) is 0 Å². The molecule has 1 unspecified atom stereocenters. The van der Waals surface area contributed by atoms with Gasteiger partial charge in [-0.1, -0.05) is 31.2 Å². The highest BCUT2D eigenvalue weighted by molar-refractivity contribution is 5.03. The van der Waals surface area contributed by atoms with Crippen molar-refractivity contribution in [2.75, 3.05) is 0 Å². The molecule has 0 rings (SSSR count). The lowest BCUT2D eigenvalue weighted by Gasteiger charge is -2.09. The number of hydrogen-bond acceptors (Lipinski definition) is 0. The highest BCUT2D eigenvalue weighted by Gasteiger charge is 2.33. The van der Waals surface area contributed by atoms with Crippen LogP contribution in [0, 0.1) is 5.92 Å². The summed E-state index contributed by atoms with van der Waals surface area (Å²) in [6.45, 7) is 2.88. The van der Waals surface area contributed by atoms with Crippen molar-refractivity contribution in [2.45, 2.75) is 20.0 Å². The van der Waals surface area contributed by atoms with Crippen LogP contribution in [0.5, 0.6) is 0 Å². The predicted octanol–water partition coefficient (Wildman–Crippen LogP) is 3.32. The van der Waals surface area contributed by atoms with Gasteiger partial charge in [-0.05, 0) is 6.92 Å². The second-order valence-corrected chi connectivity index (χ2v) is 2.24. The fourth-order valence-electron chi connectivity index (χ4n) is 0.451. The van der Waals surface area contributed by atoms with Crippen LogP contribution in [0.3, 0.4) is 0 Å². The van der Waals surface area contributed by atoms with Crippen LogP contribution in [-0.4, -0.2) is 6.18 Å². The smallest absolute Gasteiger partial charge is 0.170 e. The number of hydrogen-bond donors (Lipinski definition) is 0. The summed E-state index contributed by atoms with van der Waals surface area (Å²) in [5.41, 5.74) is 0. The van der Waals surface area contributed by atoms with Crippen LogP contribution in [0.25, 0.3) is 0 Å². The Morgan fingerprint density at radius 1 is 1.18 bits per heavy atom. The zero-order valence-electron chi connectivity index (χ0n) is 6.52. The Labute approximate surface area is 64.4 Å². The van der Waals surface area contributed by atoms with E-state index in [1.807, 2.05) is 0 Å². The number of rotatable bonds is 2. The van der Waals surface area contributed by atoms with E-state index in [0.717, 1.165) is 13.0 Å². The molecule has 0 bridgehead atoms. The van der Waals surface area contributed by atoms with Crippen LogP contribution in [0.1, 0.15) is 13.8 Å². The van der Waals surface area contributed by atoms with Crippen molar-refractivity contribution in [3.8, 4) is 0 Å². The zero-order valence-corrected chi connectivity index (χ0v) is 6.52. The highest BCUT2D eigenvalue weighted by Crippen LogP contribution is 2.26. The zero-order chi connectivity index (χ0) is 8.91. The van der Waals surface area contributed by atoms with Crippen molar-refractivity contribution >= 4 is 0 Å². The van der Waals surface area contributed by atoms with Gasteiger partial charge in [-0.15, -0.1) is 0 Å². The van der Waals surface area contributed by atoms with E-state index >= 15 is 0 Å². The molecule has 11 heavy (non-hydrogen) atoms. The van der Waals surface area contributed by atoms with E-state index in [9.17, 15) is 13.2 Å². The van der Waals surface area contributed by atoms with Gasteiger partial charge in [0, 0.05) is 0 Å². The van der Waals surface area contributed by atoms with Crippen LogP contribution in [-0.2, 0) is 0 Å². The molecule has 0 saturated heterocycles. The third-order valence-corrected chi connectivity index (χ3v) is 1.22. The maximum Gasteiger partial charge on any atom is 0.394 e. The molecule has 0 heterocycles. The Morgan fingerprint density at radius 2 is 1.73 bits per heavy atom. The fraction of sp³-hybridized carbons (Fsp3) is 0.500. The first-order chi connectivity index (χ1) is 4.98. The summed E-state index contributed by atoms with van der Waals surface area (Å²) in [4.78, 5) is 0. The molecule has 64 valence electrons. The molecular weight excluding hydrogens is 153 g/mol. The maximum absolute atomic E-state index is 11.8. The topological polar surface area (TPSA) is 0 Å². The molecule has 0 nitrogen and oxygen atoms in total. The van der Waals surface area contributed by atoms with Crippen molar-refractivity contribution in [3.05, 3.63) is 24.3 Å². The van der Waals surface area contributed by atoms with Gasteiger partial charge in [-0.25, -0.2) is 0 Å². The molecule has 0 aromatic carbocycles. The number of halogens is 3. The van der Waals surface area contributed by atoms with Crippen LogP contribution < -0.4 is 0 Å². The summed E-state index contributed by atoms with van der Waals surface area (Å²) < 4.78 is 35.4. The lowest BCUT2D eigenvalue weighted by atomic mass is 10.1. The molecule has 0 aliphatic heterocycles. The summed E-state index contributed by atoms with van der Waals surface area (Å²) in [6.07, 6.45) is 1.66. The summed E-state index contributed by atoms with van der Waals surface area (Å²) in [5, 5.41) is 0. The molecule has 0 saturated carbocycles. The second-order valence-electron chi connectivity index (χ2n) is 2.24. The molecule has 0 aliphatic carbocycles. The summed E-state index contributed by atoms with van der Waals surface area (Å²) >= 11 is 0. The molecule has 0 N–H and O–H groups in total. The fourth-order valence-corrected chi connectivity index (χ4v) is 0.451. The van der Waals surface area contributed by atoms with Gasteiger partial charge in [0.2, 0.25) is 0 Å². The number of alkyl halides is 3. The molecule has 0 aromatic rings. The van der Waals surface area contributed by atoms with Crippen LogP contribution in [0.2, 0.25) is 0 Å². The molecular formula is C8H11F3. The van der Waals surface area contributed by atoms with Gasteiger partial charge in [0.15, 0.2) is 0 Å². The summed E-state index contributed by atoms with van der Waals surface area (Å²) in [6, 6.07) is 0. The van der Waals surface area contributed by atoms with Crippen LogP contribution >= 0.6 is 0 Å². The first-order valence-corrected chi connectivity index (χ1v) is 3.34. The first kappa shape index (κ1) is 10.3. The summed E-state index contributed by atoms with van der Waals surface area (Å²) in [7, 11) is 0. The monoisotopic (exact) mass is 164 g/mol. The van der Waals surface area contributed by atoms with E-state index in [2.05, 4.69) is 0 Å². The largest absolute Gasteiger partial charge is 0.394 e. The van der Waals surface area contributed by atoms with E-state index < -0.39 is 12.1 Å². The molecule has 0 spiro atoms. The van der Waals surface area contributed by atoms with Gasteiger partial charge in [-0.3, -0.25) is 0 Å². The SMILES string of the molecule is C/C=C\C=C/C(C)C(F)(F)F. The quantitative estimate of drug-likeness (QED) is 0.549. The normalized spacial score (nSPS) is 16.5. The average Bonchev–Trinajstić information content (AvgIpc) is 1.86. The standard InChI is InChI=1S/C8H11F3/c1-3-4-5-6-7(2)8(9,10)11/h3-7H,1-2H3/b4-3-,6-5-. The lowest BCUT2D eigenvalue weighted by molar-refractivity contribution is -0.156. The lowest BCUT2D eigenvalue weighted by Crippen LogP contribution is -2.17. The Bertz CT molecular complexity index is 153. The van der Waals surface area contributed by atoms with Crippen molar-refractivity contribution in [1.29, 1.82) is 0 Å². The minimum Gasteiger partial charge on any atom is -0.170 e. The Morgan fingerprint density at radius 3 is 2.09 bits per heavy atom. The van der Waals surface area contributed by atoms with Gasteiger partial charge >= 0.3 is 6.18 Å². The third kappa shape index (κ3) is 4.65. The predicted molar refractivity (Wildman–Crippen MR) is 39.2 cm³/mol. The molecule has 0 fully saturated rings. The molecule has 0 radical (unpaired) electrons. The first-order valence-electron chi connectivity index (χ1n) is 3.34. The van der Waals surface area contributed by atoms with Gasteiger partial charge in [0.25, 0.3) is 0 Å². The molecule has 1 atom stereocenters. The number of allylic oxidation sites excluding steroid dienone is 4. The van der Waals surface area contributed by atoms with Crippen LogP contribution in [0.15, 0.2) is 24.3 Å². The molecule has 0 aromatic heterocycles. The minimum absolute atomic E-state index is 1.12. The average molecular weight is 164 g/mol. The van der Waals surface area contributed by atoms with Crippen molar-refractivity contribution < 1.29 is 13.2 Å². The van der Waals surface area contributed by atoms with Crippen molar-refractivity contribution in [1.82, 2.24) is 0 Å². The van der Waals surface area contributed by atoms with Gasteiger partial charge < -0.3 is 0 Å². The molecule has 3 heteroatoms. The maximum atomic E-state index is 11.8. The minimum atomic E-state index is -4.11. The van der Waals surface area contributed by atoms with Crippen LogP contribution in [0.4, 0.5) is 13.2 Å². The van der Waals surface area contributed by atoms with E-state index in [1.54, 1.807) is 19.1 Å². The Kier molecular flexibility index (Phi) is 3.93. The van der Waals surface area contributed by atoms with E-state index in [0.29, 0.717) is 0 Å². The van der Waals surface area contributed by atoms with Gasteiger partial charge in [0.05, 0.1) is 5.92 Å². The Hall–Kier alpha value is -0.730. The summed E-state index contributed by atoms with van der Waals surface area (Å²) in [5.74, 6) is -1.36. The van der Waals surface area contributed by atoms with E-state index in [4.69, 9.17) is 0 Å². The van der Waals surface area contributed by atoms with Gasteiger partial charge in [-0.2, -0.15) is 13.2 Å². The molecule has 0 aliphatic rings. The Balaban J connectivity index is 3.96. The highest BCUT2D eigenvalue weighted by atomic mass is 19.4. The van der Waals surface area contributed by atoms with Crippen molar-refractivity contribution in [2.24, 2.45) is 5.92 Å². The molecule has 0 amide bonds. The van der Waals surface area contributed by atoms with Gasteiger partial charge in [0.1, 0.15) is 0 Å². The second kappa shape index (κ2) is 4.21. The van der Waals surface area contributed by atoms with E-state index in [1.165, 1.54) is 6.08 Å². The van der Waals surface area contributed by atoms with E-state index in [-0.39, 0.29) is 0 Å².